The average molecular weight is 1170 g/mol. The molecule has 9 aliphatic rings. The van der Waals surface area contributed by atoms with Crippen LogP contribution in [0.15, 0.2) is 23.3 Å². The molecule has 9 rings (SSSR count). The molecule has 0 spiro atoms. The number of hydrogen-bond donors (Lipinski definition) is 7. The van der Waals surface area contributed by atoms with E-state index in [1.165, 1.54) is 14.0 Å². The summed E-state index contributed by atoms with van der Waals surface area (Å²) >= 11 is 0. The summed E-state index contributed by atoms with van der Waals surface area (Å²) < 4.78 is 87.3. The van der Waals surface area contributed by atoms with Gasteiger partial charge in [-0.05, 0) is 98.8 Å². The highest BCUT2D eigenvalue weighted by Gasteiger charge is 2.77. The second-order valence-corrected chi connectivity index (χ2v) is 25.3. The third-order valence-electron chi connectivity index (χ3n) is 20.7. The molecule has 5 saturated heterocycles. The zero-order valence-corrected chi connectivity index (χ0v) is 49.7. The third-order valence-corrected chi connectivity index (χ3v) is 20.7. The maximum atomic E-state index is 13.4. The molecule has 3 saturated carbocycles. The average Bonchev–Trinajstić information content (AvgIpc) is 1.32. The van der Waals surface area contributed by atoms with E-state index >= 15 is 0 Å². The van der Waals surface area contributed by atoms with Gasteiger partial charge >= 0.3 is 5.97 Å². The Bertz CT molecular complexity index is 2260. The van der Waals surface area contributed by atoms with E-state index in [1.807, 2.05) is 20.8 Å². The number of carbonyl (C=O) groups excluding carboxylic acids is 2. The van der Waals surface area contributed by atoms with E-state index in [0.717, 1.165) is 5.57 Å². The van der Waals surface area contributed by atoms with Crippen molar-refractivity contribution in [3.05, 3.63) is 23.3 Å². The molecule has 0 bridgehead atoms. The zero-order chi connectivity index (χ0) is 59.5. The summed E-state index contributed by atoms with van der Waals surface area (Å²) in [7, 11) is 4.68. The summed E-state index contributed by atoms with van der Waals surface area (Å²) in [4.78, 5) is 26.6. The number of Topliss-reactive ketones (excluding diaryl/α,β-unsaturated/α-hetero) is 1. The molecule has 29 unspecified atom stereocenters. The van der Waals surface area contributed by atoms with Crippen LogP contribution < -0.4 is 0 Å². The lowest BCUT2D eigenvalue weighted by Crippen LogP contribution is -2.75. The van der Waals surface area contributed by atoms with Gasteiger partial charge in [0.1, 0.15) is 71.9 Å². The van der Waals surface area contributed by atoms with Gasteiger partial charge in [0.25, 0.3) is 0 Å². The van der Waals surface area contributed by atoms with Gasteiger partial charge in [0.2, 0.25) is 0 Å². The van der Waals surface area contributed by atoms with Crippen LogP contribution in [0.1, 0.15) is 133 Å². The number of allylic oxidation sites excluding steroid dienone is 1. The zero-order valence-electron chi connectivity index (χ0n) is 49.7. The number of fused-ring (bicyclic) bond motifs is 5. The Morgan fingerprint density at radius 3 is 1.68 bits per heavy atom. The monoisotopic (exact) mass is 1170 g/mol. The first kappa shape index (κ1) is 64.3. The number of carbonyl (C=O) groups is 2. The van der Waals surface area contributed by atoms with Crippen molar-refractivity contribution in [1.29, 1.82) is 0 Å². The number of aliphatic hydroxyl groups is 7. The van der Waals surface area contributed by atoms with Gasteiger partial charge in [-0.2, -0.15) is 0 Å². The van der Waals surface area contributed by atoms with Crippen molar-refractivity contribution < 1.29 is 112 Å². The summed E-state index contributed by atoms with van der Waals surface area (Å²) in [5, 5.41) is 78.2. The van der Waals surface area contributed by atoms with E-state index in [9.17, 15) is 45.3 Å². The van der Waals surface area contributed by atoms with Gasteiger partial charge in [-0.1, -0.05) is 31.6 Å². The molecule has 23 nitrogen and oxygen atoms in total. The number of aliphatic hydroxyl groups excluding tert-OH is 5. The van der Waals surface area contributed by atoms with Gasteiger partial charge in [0.05, 0.1) is 61.5 Å². The molecule has 0 aromatic carbocycles. The fourth-order valence-corrected chi connectivity index (χ4v) is 15.8. The van der Waals surface area contributed by atoms with Crippen molar-refractivity contribution in [3.63, 3.8) is 0 Å². The van der Waals surface area contributed by atoms with Crippen LogP contribution in [0, 0.1) is 22.7 Å². The molecule has 0 aromatic heterocycles. The molecule has 5 heterocycles. The molecule has 5 aliphatic heterocycles. The molecule has 0 radical (unpaired) electrons. The highest BCUT2D eigenvalue weighted by Crippen LogP contribution is 2.70. The van der Waals surface area contributed by atoms with Gasteiger partial charge in [-0.25, -0.2) is 4.79 Å². The lowest BCUT2D eigenvalue weighted by molar-refractivity contribution is -0.358. The maximum Gasteiger partial charge on any atom is 0.333 e. The van der Waals surface area contributed by atoms with Crippen molar-refractivity contribution in [1.82, 2.24) is 0 Å². The molecular weight excluding hydrogens is 1080 g/mol. The summed E-state index contributed by atoms with van der Waals surface area (Å²) in [5.41, 5.74) is -3.43. The van der Waals surface area contributed by atoms with Crippen LogP contribution in [0.25, 0.3) is 0 Å². The minimum atomic E-state index is -1.68. The minimum Gasteiger partial charge on any atom is -0.458 e. The van der Waals surface area contributed by atoms with Gasteiger partial charge in [0.15, 0.2) is 31.5 Å². The Kier molecular flexibility index (Phi) is 20.0. The van der Waals surface area contributed by atoms with Crippen LogP contribution in [-0.4, -0.2) is 228 Å². The number of rotatable bonds is 17. The van der Waals surface area contributed by atoms with Crippen molar-refractivity contribution in [2.75, 3.05) is 27.9 Å². The number of ether oxygens (including phenoxy) is 14. The van der Waals surface area contributed by atoms with Crippen LogP contribution in [0.2, 0.25) is 0 Å². The van der Waals surface area contributed by atoms with E-state index in [0.29, 0.717) is 44.1 Å². The SMILES string of the molecule is CC=C(C)C(=O)OC1CC2C3(C)CCC(OC4CC(OC)C(OC5CC(O)C(OC6CC(OC)C(OC7CC(OC)C(OC8OC(CO)C(O)C(O)C8O)C(C)O7)C(C)O6)C(C)O5)C(C)O4)CC3=CCC2(O)C2(O)CCC(C(C)=O)C12C. The molecular formula is C59H94O23. The highest BCUT2D eigenvalue weighted by atomic mass is 16.8. The van der Waals surface area contributed by atoms with Crippen molar-refractivity contribution in [3.8, 4) is 0 Å². The third kappa shape index (κ3) is 11.7. The largest absolute Gasteiger partial charge is 0.458 e. The first-order valence-electron chi connectivity index (χ1n) is 29.7. The van der Waals surface area contributed by atoms with Crippen LogP contribution in [-0.2, 0) is 75.9 Å². The van der Waals surface area contributed by atoms with Crippen LogP contribution in [0.5, 0.6) is 0 Å². The lowest BCUT2D eigenvalue weighted by Gasteiger charge is -2.66. The standard InChI is InChI=1S/C59H94O23/c1-13-27(2)54(66)78-42-25-41-56(8)17-15-34(20-33(56)14-18-58(41,67)59(68)19-16-35(28(3)61)57(42,59)9)76-44-22-37(69-10)51(30(5)73-44)80-43-21-36(62)50(29(4)72-43)79-45-23-38(70-11)52(31(6)74-45)81-46-24-39(71-12)53(32(7)75-46)82-55-49(65)48(64)47(63)40(26-60)77-55/h13-14,29-32,34-53,55,60,62-65,67-68H,15-26H2,1-12H3. The number of esters is 1. The fraction of sp³-hybridized carbons (Fsp3) is 0.898. The van der Waals surface area contributed by atoms with Crippen molar-refractivity contribution in [2.45, 2.75) is 285 Å². The molecule has 82 heavy (non-hydrogen) atoms. The van der Waals surface area contributed by atoms with Gasteiger partial charge < -0.3 is 102 Å². The van der Waals surface area contributed by atoms with Crippen LogP contribution >= 0.6 is 0 Å². The molecule has 29 atom stereocenters. The van der Waals surface area contributed by atoms with E-state index in [-0.39, 0.29) is 44.0 Å². The molecule has 7 N–H and O–H groups in total. The lowest BCUT2D eigenvalue weighted by atomic mass is 9.43. The molecule has 23 heteroatoms. The van der Waals surface area contributed by atoms with E-state index < -0.39 is 182 Å². The Morgan fingerprint density at radius 1 is 0.659 bits per heavy atom. The predicted molar refractivity (Wildman–Crippen MR) is 286 cm³/mol. The fourth-order valence-electron chi connectivity index (χ4n) is 15.8. The highest BCUT2D eigenvalue weighted by molar-refractivity contribution is 5.88. The van der Waals surface area contributed by atoms with Gasteiger partial charge in [-0.15, -0.1) is 0 Å². The Morgan fingerprint density at radius 2 is 1.17 bits per heavy atom. The quantitative estimate of drug-likeness (QED) is 0.0625. The second-order valence-electron chi connectivity index (χ2n) is 25.3. The number of ketones is 1. The molecule has 468 valence electrons. The predicted octanol–water partition coefficient (Wildman–Crippen LogP) is 2.54. The van der Waals surface area contributed by atoms with E-state index in [1.54, 1.807) is 48.0 Å². The van der Waals surface area contributed by atoms with Gasteiger partial charge in [0, 0.05) is 69.8 Å². The Balaban J connectivity index is 0.761. The summed E-state index contributed by atoms with van der Waals surface area (Å²) in [6.45, 7) is 15.6. The Labute approximate surface area is 481 Å². The summed E-state index contributed by atoms with van der Waals surface area (Å²) in [6, 6.07) is 0. The number of hydrogen-bond acceptors (Lipinski definition) is 23. The molecule has 0 aromatic rings. The first-order chi connectivity index (χ1) is 38.8. The van der Waals surface area contributed by atoms with E-state index in [2.05, 4.69) is 13.0 Å². The first-order valence-corrected chi connectivity index (χ1v) is 29.7. The second kappa shape index (κ2) is 25.5. The number of methoxy groups -OCH3 is 3. The van der Waals surface area contributed by atoms with Crippen molar-refractivity contribution in [2.24, 2.45) is 22.7 Å². The van der Waals surface area contributed by atoms with Crippen molar-refractivity contribution >= 4 is 11.8 Å². The molecule has 8 fully saturated rings. The summed E-state index contributed by atoms with van der Waals surface area (Å²) in [6.07, 6.45) is -11.3. The van der Waals surface area contributed by atoms with Gasteiger partial charge in [-0.3, -0.25) is 4.79 Å². The smallest absolute Gasteiger partial charge is 0.333 e. The van der Waals surface area contributed by atoms with Crippen LogP contribution in [0.3, 0.4) is 0 Å². The molecule has 4 aliphatic carbocycles. The summed E-state index contributed by atoms with van der Waals surface area (Å²) in [5.74, 6) is -1.63. The molecule has 0 amide bonds. The van der Waals surface area contributed by atoms with Crippen LogP contribution in [0.4, 0.5) is 0 Å². The Hall–Kier alpha value is -2.18. The topological polar surface area (TPSA) is 305 Å². The minimum absolute atomic E-state index is 0.0912. The normalized spacial score (nSPS) is 50.8. The van der Waals surface area contributed by atoms with E-state index in [4.69, 9.17) is 66.3 Å². The maximum absolute atomic E-state index is 13.4.